The highest BCUT2D eigenvalue weighted by Crippen LogP contribution is 2.46. The van der Waals surface area contributed by atoms with Crippen LogP contribution in [0.25, 0.3) is 11.5 Å². The molecule has 17 heteroatoms. The molecule has 1 aromatic heterocycles. The van der Waals surface area contributed by atoms with Crippen LogP contribution in [0.1, 0.15) is 40.1 Å². The van der Waals surface area contributed by atoms with Crippen molar-refractivity contribution in [3.8, 4) is 17.5 Å². The zero-order valence-corrected chi connectivity index (χ0v) is 19.3. The van der Waals surface area contributed by atoms with E-state index in [9.17, 15) is 52.7 Å². The first kappa shape index (κ1) is 29.0. The Kier molecular flexibility index (Phi) is 6.96. The summed E-state index contributed by atoms with van der Waals surface area (Å²) in [6.45, 7) is -0.745. The van der Waals surface area contributed by atoms with E-state index in [-0.39, 0.29) is 11.8 Å². The Bertz CT molecular complexity index is 1430. The van der Waals surface area contributed by atoms with Crippen LogP contribution in [-0.2, 0) is 31.5 Å². The number of benzene rings is 2. The number of nitriles is 1. The molecule has 2 heterocycles. The SMILES string of the molecule is N#Cc1ccc2c(c1C(F)(F)F)CC(CC(F)(F)F)N2Cc1noc(-c2cc(C(F)(F)F)cc(C(F)(F)F)c2)n1. The largest absolute Gasteiger partial charge is 0.418 e. The maximum absolute atomic E-state index is 13.7. The molecule has 1 aliphatic heterocycles. The van der Waals surface area contributed by atoms with Crippen LogP contribution in [-0.4, -0.2) is 22.4 Å². The minimum absolute atomic E-state index is 0.141. The quantitative estimate of drug-likeness (QED) is 0.295. The van der Waals surface area contributed by atoms with Gasteiger partial charge in [-0.3, -0.25) is 0 Å². The van der Waals surface area contributed by atoms with E-state index >= 15 is 0 Å². The molecule has 0 fully saturated rings. The Balaban J connectivity index is 1.75. The zero-order chi connectivity index (χ0) is 29.8. The molecule has 2 aromatic carbocycles. The van der Waals surface area contributed by atoms with Gasteiger partial charge in [0.2, 0.25) is 0 Å². The number of anilines is 1. The average Bonchev–Trinajstić information content (AvgIpc) is 3.40. The number of nitrogens with zero attached hydrogens (tertiary/aromatic N) is 4. The predicted molar refractivity (Wildman–Crippen MR) is 110 cm³/mol. The van der Waals surface area contributed by atoms with Crippen molar-refractivity contribution < 1.29 is 57.2 Å². The minimum Gasteiger partial charge on any atom is -0.360 e. The van der Waals surface area contributed by atoms with Crippen LogP contribution in [0.4, 0.5) is 58.4 Å². The third-order valence-corrected chi connectivity index (χ3v) is 5.96. The first-order chi connectivity index (χ1) is 18.3. The van der Waals surface area contributed by atoms with Gasteiger partial charge in [-0.15, -0.1) is 0 Å². The van der Waals surface area contributed by atoms with Crippen molar-refractivity contribution >= 4 is 5.69 Å². The summed E-state index contributed by atoms with van der Waals surface area (Å²) >= 11 is 0. The Morgan fingerprint density at radius 1 is 0.875 bits per heavy atom. The lowest BCUT2D eigenvalue weighted by atomic mass is 9.97. The number of alkyl halides is 12. The van der Waals surface area contributed by atoms with Crippen molar-refractivity contribution in [1.29, 1.82) is 5.26 Å². The Morgan fingerprint density at radius 3 is 1.98 bits per heavy atom. The van der Waals surface area contributed by atoms with E-state index in [4.69, 9.17) is 9.78 Å². The Labute approximate surface area is 215 Å². The Morgan fingerprint density at radius 2 is 1.48 bits per heavy atom. The van der Waals surface area contributed by atoms with Gasteiger partial charge in [0.25, 0.3) is 5.89 Å². The van der Waals surface area contributed by atoms with Gasteiger partial charge >= 0.3 is 24.7 Å². The van der Waals surface area contributed by atoms with Crippen LogP contribution in [0.15, 0.2) is 34.9 Å². The third-order valence-electron chi connectivity index (χ3n) is 5.96. The second-order valence-electron chi connectivity index (χ2n) is 8.71. The molecule has 1 atom stereocenters. The molecular weight excluding hydrogens is 576 g/mol. The molecule has 3 aromatic rings. The lowest BCUT2D eigenvalue weighted by Gasteiger charge is -2.27. The smallest absolute Gasteiger partial charge is 0.360 e. The fraction of sp³-hybridized carbons (Fsp3) is 0.348. The molecule has 1 unspecified atom stereocenters. The molecule has 0 N–H and O–H groups in total. The van der Waals surface area contributed by atoms with E-state index in [1.165, 1.54) is 6.07 Å². The lowest BCUT2D eigenvalue weighted by molar-refractivity contribution is -0.143. The van der Waals surface area contributed by atoms with Crippen molar-refractivity contribution in [1.82, 2.24) is 10.1 Å². The summed E-state index contributed by atoms with van der Waals surface area (Å²) in [6.07, 6.45) is -22.7. The van der Waals surface area contributed by atoms with Gasteiger partial charge in [-0.1, -0.05) is 5.16 Å². The van der Waals surface area contributed by atoms with E-state index in [0.29, 0.717) is 12.1 Å². The first-order valence-corrected chi connectivity index (χ1v) is 10.9. The molecule has 5 nitrogen and oxygen atoms in total. The fourth-order valence-corrected chi connectivity index (χ4v) is 4.40. The van der Waals surface area contributed by atoms with E-state index < -0.39 is 95.2 Å². The van der Waals surface area contributed by atoms with Gasteiger partial charge in [0.1, 0.15) is 0 Å². The average molecular weight is 588 g/mol. The van der Waals surface area contributed by atoms with E-state index in [0.717, 1.165) is 17.0 Å². The van der Waals surface area contributed by atoms with Crippen molar-refractivity contribution in [3.63, 3.8) is 0 Å². The molecule has 0 aliphatic carbocycles. The van der Waals surface area contributed by atoms with Gasteiger partial charge in [0.15, 0.2) is 5.82 Å². The van der Waals surface area contributed by atoms with Gasteiger partial charge in [-0.05, 0) is 42.3 Å². The van der Waals surface area contributed by atoms with Gasteiger partial charge in [-0.25, -0.2) is 0 Å². The maximum Gasteiger partial charge on any atom is 0.418 e. The maximum atomic E-state index is 13.7. The molecule has 0 amide bonds. The molecule has 214 valence electrons. The van der Waals surface area contributed by atoms with Crippen LogP contribution < -0.4 is 4.90 Å². The first-order valence-electron chi connectivity index (χ1n) is 10.9. The van der Waals surface area contributed by atoms with Crippen LogP contribution in [0.3, 0.4) is 0 Å². The summed E-state index contributed by atoms with van der Waals surface area (Å²) < 4.78 is 165. The van der Waals surface area contributed by atoms with Crippen LogP contribution >= 0.6 is 0 Å². The molecule has 0 saturated heterocycles. The monoisotopic (exact) mass is 588 g/mol. The summed E-state index contributed by atoms with van der Waals surface area (Å²) in [4.78, 5) is 4.55. The van der Waals surface area contributed by atoms with Gasteiger partial charge < -0.3 is 9.42 Å². The molecular formula is C23H12F12N4O. The fourth-order valence-electron chi connectivity index (χ4n) is 4.40. The second kappa shape index (κ2) is 9.59. The molecule has 0 saturated carbocycles. The summed E-state index contributed by atoms with van der Waals surface area (Å²) in [5, 5.41) is 12.5. The summed E-state index contributed by atoms with van der Waals surface area (Å²) in [6, 6.07) is 1.95. The minimum atomic E-state index is -5.19. The highest BCUT2D eigenvalue weighted by atomic mass is 19.4. The third kappa shape index (κ3) is 5.94. The molecule has 0 spiro atoms. The summed E-state index contributed by atoms with van der Waals surface area (Å²) in [5.74, 6) is -1.37. The van der Waals surface area contributed by atoms with E-state index in [1.54, 1.807) is 0 Å². The molecule has 1 aliphatic rings. The standard InChI is InChI=1S/C23H12F12N4O/c24-20(25,26)7-14-6-15-16(2-1-10(8-36)18(15)23(33,34)35)39(14)9-17-37-19(40-38-17)11-3-12(21(27,28)29)5-13(4-11)22(30,31)32/h1-5,14H,6-7,9H2. The number of rotatable bonds is 4. The van der Waals surface area contributed by atoms with Crippen molar-refractivity contribution in [2.75, 3.05) is 4.90 Å². The van der Waals surface area contributed by atoms with Gasteiger partial charge in [0.05, 0.1) is 41.3 Å². The molecule has 40 heavy (non-hydrogen) atoms. The molecule has 0 radical (unpaired) electrons. The van der Waals surface area contributed by atoms with Gasteiger partial charge in [-0.2, -0.15) is 62.9 Å². The molecule has 4 rings (SSSR count). The number of halogens is 12. The molecule has 0 bridgehead atoms. The second-order valence-corrected chi connectivity index (χ2v) is 8.71. The van der Waals surface area contributed by atoms with Crippen molar-refractivity contribution in [2.45, 2.75) is 50.1 Å². The van der Waals surface area contributed by atoms with Crippen LogP contribution in [0.5, 0.6) is 0 Å². The lowest BCUT2D eigenvalue weighted by Crippen LogP contribution is -2.35. The topological polar surface area (TPSA) is 66.0 Å². The summed E-state index contributed by atoms with van der Waals surface area (Å²) in [7, 11) is 0. The highest BCUT2D eigenvalue weighted by Gasteiger charge is 2.45. The van der Waals surface area contributed by atoms with Crippen LogP contribution in [0.2, 0.25) is 0 Å². The number of fused-ring (bicyclic) bond motifs is 1. The highest BCUT2D eigenvalue weighted by molar-refractivity contribution is 5.66. The van der Waals surface area contributed by atoms with Crippen molar-refractivity contribution in [3.05, 3.63) is 64.0 Å². The zero-order valence-electron chi connectivity index (χ0n) is 19.3. The van der Waals surface area contributed by atoms with E-state index in [2.05, 4.69) is 10.1 Å². The predicted octanol–water partition coefficient (Wildman–Crippen LogP) is 7.55. The van der Waals surface area contributed by atoms with Crippen molar-refractivity contribution in [2.24, 2.45) is 0 Å². The number of hydrogen-bond acceptors (Lipinski definition) is 5. The number of aromatic nitrogens is 2. The number of hydrogen-bond donors (Lipinski definition) is 0. The normalized spacial score (nSPS) is 16.3. The van der Waals surface area contributed by atoms with Crippen LogP contribution in [0, 0.1) is 11.3 Å². The summed E-state index contributed by atoms with van der Waals surface area (Å²) in [5.41, 5.74) is -7.33. The Hall–Kier alpha value is -3.97. The van der Waals surface area contributed by atoms with Gasteiger partial charge in [0, 0.05) is 17.3 Å². The van der Waals surface area contributed by atoms with E-state index in [1.807, 2.05) is 0 Å².